The molecule has 0 saturated carbocycles. The van der Waals surface area contributed by atoms with Gasteiger partial charge in [-0.3, -0.25) is 9.69 Å². The van der Waals surface area contributed by atoms with Crippen LogP contribution < -0.4 is 0 Å². The Balaban J connectivity index is 1.07. The summed E-state index contributed by atoms with van der Waals surface area (Å²) in [7, 11) is 0. The Bertz CT molecular complexity index is 1310. The first kappa shape index (κ1) is 20.8. The summed E-state index contributed by atoms with van der Waals surface area (Å²) in [5.74, 6) is 0.705. The number of benzene rings is 1. The fraction of sp³-hybridized carbons (Fsp3) is 0.409. The Kier molecular flexibility index (Phi) is 5.23. The molecule has 0 radical (unpaired) electrons. The number of carbonyl (C=O) groups is 1. The first-order valence-electron chi connectivity index (χ1n) is 11.2. The summed E-state index contributed by atoms with van der Waals surface area (Å²) < 4.78 is 12.6. The first-order chi connectivity index (χ1) is 16.7. The topological polar surface area (TPSA) is 128 Å². The van der Waals surface area contributed by atoms with E-state index in [2.05, 4.69) is 35.7 Å². The molecule has 34 heavy (non-hydrogen) atoms. The molecule has 0 aliphatic carbocycles. The molecule has 12 nitrogen and oxygen atoms in total. The molecule has 3 aromatic heterocycles. The van der Waals surface area contributed by atoms with Crippen molar-refractivity contribution in [1.29, 1.82) is 0 Å². The molecule has 0 N–H and O–H groups in total. The molecule has 0 bridgehead atoms. The highest BCUT2D eigenvalue weighted by Crippen LogP contribution is 2.31. The second-order valence-electron chi connectivity index (χ2n) is 8.68. The van der Waals surface area contributed by atoms with Crippen molar-refractivity contribution in [1.82, 2.24) is 45.3 Å². The Morgan fingerprint density at radius 3 is 2.91 bits per heavy atom. The summed E-state index contributed by atoms with van der Waals surface area (Å²) in [6.07, 6.45) is 3.45. The number of carbonyl (C=O) groups excluding carboxylic acids is 1. The maximum atomic E-state index is 13.0. The quantitative estimate of drug-likeness (QED) is 0.429. The van der Waals surface area contributed by atoms with E-state index >= 15 is 0 Å². The zero-order valence-corrected chi connectivity index (χ0v) is 18.6. The van der Waals surface area contributed by atoms with E-state index < -0.39 is 0 Å². The monoisotopic (exact) mass is 461 g/mol. The zero-order valence-electron chi connectivity index (χ0n) is 18.6. The van der Waals surface area contributed by atoms with Crippen LogP contribution in [0.15, 0.2) is 41.4 Å². The van der Waals surface area contributed by atoms with Crippen molar-refractivity contribution in [3.05, 3.63) is 53.5 Å². The lowest BCUT2D eigenvalue weighted by atomic mass is 9.98. The molecule has 2 aliphatic rings. The number of morpholine rings is 1. The SMILES string of the molecule is Cc1c([C@H]2CN3CCN(C(=O)Cc4ccc(-n5cnnn5)nc4)C[C@H]3CO2)ccc2nonc12. The van der Waals surface area contributed by atoms with Gasteiger partial charge in [-0.1, -0.05) is 12.1 Å². The zero-order chi connectivity index (χ0) is 23.1. The fourth-order valence-electron chi connectivity index (χ4n) is 4.75. The number of piperazine rings is 1. The van der Waals surface area contributed by atoms with Gasteiger partial charge in [-0.05, 0) is 56.5 Å². The van der Waals surface area contributed by atoms with Crippen LogP contribution in [0.25, 0.3) is 16.9 Å². The van der Waals surface area contributed by atoms with Gasteiger partial charge in [-0.15, -0.1) is 5.10 Å². The number of aromatic nitrogens is 7. The number of nitrogens with zero attached hydrogens (tertiary/aromatic N) is 9. The largest absolute Gasteiger partial charge is 0.370 e. The summed E-state index contributed by atoms with van der Waals surface area (Å²) in [6.45, 7) is 5.56. The molecule has 174 valence electrons. The average Bonchev–Trinajstić information content (AvgIpc) is 3.57. The minimum atomic E-state index is -0.0376. The van der Waals surface area contributed by atoms with Gasteiger partial charge >= 0.3 is 0 Å². The molecule has 2 saturated heterocycles. The molecule has 0 unspecified atom stereocenters. The van der Waals surface area contributed by atoms with Crippen LogP contribution in [0.2, 0.25) is 0 Å². The van der Waals surface area contributed by atoms with Gasteiger partial charge in [0.2, 0.25) is 5.91 Å². The third-order valence-electron chi connectivity index (χ3n) is 6.67. The molecule has 6 rings (SSSR count). The van der Waals surface area contributed by atoms with Gasteiger partial charge in [-0.25, -0.2) is 9.61 Å². The number of amides is 1. The smallest absolute Gasteiger partial charge is 0.227 e. The Hall–Kier alpha value is -3.77. The van der Waals surface area contributed by atoms with Gasteiger partial charge in [-0.2, -0.15) is 4.68 Å². The van der Waals surface area contributed by atoms with Gasteiger partial charge in [0.1, 0.15) is 17.4 Å². The van der Waals surface area contributed by atoms with E-state index in [-0.39, 0.29) is 18.1 Å². The highest BCUT2D eigenvalue weighted by Gasteiger charge is 2.36. The van der Waals surface area contributed by atoms with Crippen LogP contribution in [0.4, 0.5) is 0 Å². The van der Waals surface area contributed by atoms with Gasteiger partial charge in [0.15, 0.2) is 5.82 Å². The number of hydrogen-bond acceptors (Lipinski definition) is 10. The molecule has 12 heteroatoms. The maximum Gasteiger partial charge on any atom is 0.227 e. The van der Waals surface area contributed by atoms with Gasteiger partial charge in [0, 0.05) is 32.4 Å². The van der Waals surface area contributed by atoms with E-state index in [9.17, 15) is 4.79 Å². The number of fused-ring (bicyclic) bond motifs is 2. The molecule has 2 fully saturated rings. The third kappa shape index (κ3) is 3.80. The standard InChI is InChI=1S/C22H23N9O3/c1-14-17(3-4-18-22(14)26-34-25-18)19-11-29-6-7-30(10-16(29)12-33-19)21(32)8-15-2-5-20(23-9-15)31-13-24-27-28-31/h2-5,9,13,16,19H,6-8,10-12H2,1H3/t16-,19+/m0/s1. The van der Waals surface area contributed by atoms with Crippen LogP contribution in [0.1, 0.15) is 22.8 Å². The molecule has 1 amide bonds. The summed E-state index contributed by atoms with van der Waals surface area (Å²) >= 11 is 0. The molecular formula is C22H23N9O3. The average molecular weight is 461 g/mol. The van der Waals surface area contributed by atoms with Crippen molar-refractivity contribution in [2.24, 2.45) is 0 Å². The van der Waals surface area contributed by atoms with Crippen molar-refractivity contribution in [3.8, 4) is 5.82 Å². The van der Waals surface area contributed by atoms with E-state index in [1.807, 2.05) is 30.0 Å². The van der Waals surface area contributed by atoms with E-state index in [4.69, 9.17) is 9.37 Å². The molecule has 0 spiro atoms. The Labute approximate surface area is 194 Å². The number of aryl methyl sites for hydroxylation is 1. The second-order valence-corrected chi connectivity index (χ2v) is 8.68. The van der Waals surface area contributed by atoms with Crippen LogP contribution in [0, 0.1) is 6.92 Å². The summed E-state index contributed by atoms with van der Waals surface area (Å²) in [5.41, 5.74) is 4.53. The number of tetrazole rings is 1. The second kappa shape index (κ2) is 8.54. The van der Waals surface area contributed by atoms with Crippen LogP contribution >= 0.6 is 0 Å². The van der Waals surface area contributed by atoms with Crippen molar-refractivity contribution < 1.29 is 14.2 Å². The molecule has 4 aromatic rings. The van der Waals surface area contributed by atoms with Crippen molar-refractivity contribution in [2.75, 3.05) is 32.8 Å². The van der Waals surface area contributed by atoms with Gasteiger partial charge in [0.25, 0.3) is 0 Å². The Morgan fingerprint density at radius 1 is 1.15 bits per heavy atom. The van der Waals surface area contributed by atoms with Crippen molar-refractivity contribution in [3.63, 3.8) is 0 Å². The van der Waals surface area contributed by atoms with Crippen molar-refractivity contribution in [2.45, 2.75) is 25.5 Å². The molecule has 2 aliphatic heterocycles. The van der Waals surface area contributed by atoms with E-state index in [1.54, 1.807) is 12.3 Å². The number of ether oxygens (including phenoxy) is 1. The number of hydrogen-bond donors (Lipinski definition) is 0. The van der Waals surface area contributed by atoms with Gasteiger partial charge < -0.3 is 9.64 Å². The predicted octanol–water partition coefficient (Wildman–Crippen LogP) is 0.729. The first-order valence-corrected chi connectivity index (χ1v) is 11.2. The van der Waals surface area contributed by atoms with Crippen molar-refractivity contribution >= 4 is 16.9 Å². The number of pyridine rings is 1. The predicted molar refractivity (Wildman–Crippen MR) is 118 cm³/mol. The van der Waals surface area contributed by atoms with Crippen LogP contribution in [-0.4, -0.2) is 90.0 Å². The van der Waals surface area contributed by atoms with Crippen LogP contribution in [0.5, 0.6) is 0 Å². The maximum absolute atomic E-state index is 13.0. The lowest BCUT2D eigenvalue weighted by molar-refractivity contribution is -0.139. The Morgan fingerprint density at radius 2 is 2.09 bits per heavy atom. The van der Waals surface area contributed by atoms with E-state index in [1.165, 1.54) is 11.0 Å². The van der Waals surface area contributed by atoms with E-state index in [0.717, 1.165) is 40.8 Å². The molecular weight excluding hydrogens is 438 g/mol. The fourth-order valence-corrected chi connectivity index (χ4v) is 4.75. The molecule has 5 heterocycles. The minimum absolute atomic E-state index is 0.0376. The summed E-state index contributed by atoms with van der Waals surface area (Å²) in [5, 5.41) is 19.0. The summed E-state index contributed by atoms with van der Waals surface area (Å²) in [6, 6.07) is 7.85. The highest BCUT2D eigenvalue weighted by molar-refractivity contribution is 5.79. The van der Waals surface area contributed by atoms with Gasteiger partial charge in [0.05, 0.1) is 25.2 Å². The molecule has 2 atom stereocenters. The lowest BCUT2D eigenvalue weighted by Gasteiger charge is -2.46. The minimum Gasteiger partial charge on any atom is -0.370 e. The summed E-state index contributed by atoms with van der Waals surface area (Å²) in [4.78, 5) is 21.7. The lowest BCUT2D eigenvalue weighted by Crippen LogP contribution is -2.59. The van der Waals surface area contributed by atoms with Crippen LogP contribution in [-0.2, 0) is 16.0 Å². The van der Waals surface area contributed by atoms with E-state index in [0.29, 0.717) is 31.9 Å². The van der Waals surface area contributed by atoms with Crippen LogP contribution in [0.3, 0.4) is 0 Å². The number of rotatable bonds is 4. The molecule has 1 aromatic carbocycles. The normalized spacial score (nSPS) is 21.0. The third-order valence-corrected chi connectivity index (χ3v) is 6.67. The highest BCUT2D eigenvalue weighted by atomic mass is 16.6.